The van der Waals surface area contributed by atoms with Gasteiger partial charge in [0.25, 0.3) is 0 Å². The lowest BCUT2D eigenvalue weighted by Gasteiger charge is -2.03. The molecule has 1 heterocycles. The Kier molecular flexibility index (Phi) is 3.52. The van der Waals surface area contributed by atoms with Crippen molar-refractivity contribution >= 4 is 16.8 Å². The summed E-state index contributed by atoms with van der Waals surface area (Å²) in [5, 5.41) is 0. The number of para-hydroxylation sites is 2. The van der Waals surface area contributed by atoms with Gasteiger partial charge in [0.2, 0.25) is 0 Å². The number of carbonyl (C=O) groups is 1. The van der Waals surface area contributed by atoms with Crippen molar-refractivity contribution in [1.82, 2.24) is 9.55 Å². The van der Waals surface area contributed by atoms with E-state index in [1.165, 1.54) is 12.1 Å². The number of fused-ring (bicyclic) bond motifs is 1. The highest BCUT2D eigenvalue weighted by Crippen LogP contribution is 2.15. The molecule has 0 aliphatic rings. The fraction of sp³-hybridized carbons (Fsp3) is 0.176. The topological polar surface area (TPSA) is 34.9 Å². The van der Waals surface area contributed by atoms with Crippen LogP contribution in [0.15, 0.2) is 48.5 Å². The molecule has 3 rings (SSSR count). The number of ketones is 1. The van der Waals surface area contributed by atoms with E-state index in [1.54, 1.807) is 12.1 Å². The van der Waals surface area contributed by atoms with E-state index < -0.39 is 0 Å². The summed E-state index contributed by atoms with van der Waals surface area (Å²) in [5.74, 6) is 0.444. The summed E-state index contributed by atoms with van der Waals surface area (Å²) >= 11 is 0. The molecule has 0 aliphatic heterocycles. The second-order valence-electron chi connectivity index (χ2n) is 5.10. The van der Waals surface area contributed by atoms with Crippen molar-refractivity contribution in [2.75, 3.05) is 0 Å². The smallest absolute Gasteiger partial charge is 0.144 e. The average molecular weight is 282 g/mol. The molecule has 0 bridgehead atoms. The Balaban J connectivity index is 1.79. The van der Waals surface area contributed by atoms with Crippen molar-refractivity contribution < 1.29 is 9.18 Å². The molecular weight excluding hydrogens is 267 g/mol. The fourth-order valence-electron chi connectivity index (χ4n) is 2.47. The third-order valence-corrected chi connectivity index (χ3v) is 3.53. The van der Waals surface area contributed by atoms with Crippen molar-refractivity contribution in [3.05, 3.63) is 65.7 Å². The highest BCUT2D eigenvalue weighted by atomic mass is 19.1. The number of rotatable bonds is 4. The number of imidazole rings is 1. The number of aryl methyl sites for hydroxylation is 1. The molecule has 2 aromatic carbocycles. The van der Waals surface area contributed by atoms with Gasteiger partial charge in [-0.3, -0.25) is 4.79 Å². The molecule has 0 spiro atoms. The Labute approximate surface area is 122 Å². The largest absolute Gasteiger partial charge is 0.331 e. The molecule has 0 N–H and O–H groups in total. The lowest BCUT2D eigenvalue weighted by atomic mass is 10.1. The standard InChI is InChI=1S/C17H15FN2O/c1-20-16-8-3-2-7-15(16)19-17(20)11-14(21)10-12-5-4-6-13(18)9-12/h2-9H,10-11H2,1H3. The molecule has 4 heteroatoms. The summed E-state index contributed by atoms with van der Waals surface area (Å²) in [6.07, 6.45) is 0.475. The third kappa shape index (κ3) is 2.84. The van der Waals surface area contributed by atoms with Crippen LogP contribution in [0.5, 0.6) is 0 Å². The van der Waals surface area contributed by atoms with Crippen molar-refractivity contribution in [2.24, 2.45) is 7.05 Å². The van der Waals surface area contributed by atoms with Crippen LogP contribution in [-0.2, 0) is 24.7 Å². The van der Waals surface area contributed by atoms with Gasteiger partial charge in [0.1, 0.15) is 17.4 Å². The quantitative estimate of drug-likeness (QED) is 0.737. The molecule has 0 radical (unpaired) electrons. The Morgan fingerprint density at radius 2 is 1.95 bits per heavy atom. The third-order valence-electron chi connectivity index (χ3n) is 3.53. The van der Waals surface area contributed by atoms with Crippen LogP contribution in [0.2, 0.25) is 0 Å². The first-order chi connectivity index (χ1) is 10.1. The van der Waals surface area contributed by atoms with Crippen LogP contribution < -0.4 is 0 Å². The first kappa shape index (κ1) is 13.5. The molecular formula is C17H15FN2O. The summed E-state index contributed by atoms with van der Waals surface area (Å²) in [7, 11) is 1.90. The zero-order valence-electron chi connectivity index (χ0n) is 11.7. The van der Waals surface area contributed by atoms with Gasteiger partial charge in [-0.25, -0.2) is 9.37 Å². The monoisotopic (exact) mass is 282 g/mol. The van der Waals surface area contributed by atoms with E-state index in [0.717, 1.165) is 16.9 Å². The normalized spacial score (nSPS) is 11.0. The highest BCUT2D eigenvalue weighted by molar-refractivity contribution is 5.84. The number of halogens is 1. The molecule has 0 amide bonds. The molecule has 0 unspecified atom stereocenters. The minimum atomic E-state index is -0.317. The molecule has 0 saturated heterocycles. The van der Waals surface area contributed by atoms with Gasteiger partial charge >= 0.3 is 0 Å². The van der Waals surface area contributed by atoms with Crippen LogP contribution in [0, 0.1) is 5.82 Å². The number of aromatic nitrogens is 2. The molecule has 1 aromatic heterocycles. The molecule has 0 atom stereocenters. The van der Waals surface area contributed by atoms with E-state index in [2.05, 4.69) is 4.98 Å². The van der Waals surface area contributed by atoms with E-state index in [4.69, 9.17) is 0 Å². The number of Topliss-reactive ketones (excluding diaryl/α,β-unsaturated/α-hetero) is 1. The Bertz CT molecular complexity index is 807. The average Bonchev–Trinajstić information content (AvgIpc) is 2.76. The number of nitrogens with zero attached hydrogens (tertiary/aromatic N) is 2. The van der Waals surface area contributed by atoms with Crippen LogP contribution in [0.1, 0.15) is 11.4 Å². The zero-order valence-corrected chi connectivity index (χ0v) is 11.7. The van der Waals surface area contributed by atoms with Crippen molar-refractivity contribution in [2.45, 2.75) is 12.8 Å². The predicted molar refractivity (Wildman–Crippen MR) is 79.5 cm³/mol. The van der Waals surface area contributed by atoms with Gasteiger partial charge in [0, 0.05) is 13.5 Å². The maximum atomic E-state index is 13.1. The van der Waals surface area contributed by atoms with Gasteiger partial charge in [0.05, 0.1) is 17.5 Å². The second-order valence-corrected chi connectivity index (χ2v) is 5.10. The zero-order chi connectivity index (χ0) is 14.8. The Morgan fingerprint density at radius 1 is 1.14 bits per heavy atom. The number of hydrogen-bond donors (Lipinski definition) is 0. The summed E-state index contributed by atoms with van der Waals surface area (Å²) < 4.78 is 15.0. The summed E-state index contributed by atoms with van der Waals surface area (Å²) in [5.41, 5.74) is 2.58. The van der Waals surface area contributed by atoms with E-state index in [0.29, 0.717) is 5.56 Å². The van der Waals surface area contributed by atoms with Crippen molar-refractivity contribution in [3.8, 4) is 0 Å². The van der Waals surface area contributed by atoms with Crippen LogP contribution in [0.25, 0.3) is 11.0 Å². The first-order valence-electron chi connectivity index (χ1n) is 6.80. The molecule has 0 fully saturated rings. The van der Waals surface area contributed by atoms with Crippen LogP contribution in [0.3, 0.4) is 0 Å². The van der Waals surface area contributed by atoms with E-state index in [9.17, 15) is 9.18 Å². The van der Waals surface area contributed by atoms with Gasteiger partial charge in [-0.15, -0.1) is 0 Å². The summed E-state index contributed by atoms with van der Waals surface area (Å²) in [6.45, 7) is 0. The highest BCUT2D eigenvalue weighted by Gasteiger charge is 2.12. The summed E-state index contributed by atoms with van der Waals surface area (Å²) in [6, 6.07) is 13.9. The number of benzene rings is 2. The fourth-order valence-corrected chi connectivity index (χ4v) is 2.47. The molecule has 106 valence electrons. The summed E-state index contributed by atoms with van der Waals surface area (Å²) in [4.78, 5) is 16.6. The van der Waals surface area contributed by atoms with E-state index in [1.807, 2.05) is 35.9 Å². The SMILES string of the molecule is Cn1c(CC(=O)Cc2cccc(F)c2)nc2ccccc21. The van der Waals surface area contributed by atoms with Gasteiger partial charge in [-0.05, 0) is 29.8 Å². The maximum Gasteiger partial charge on any atom is 0.144 e. The van der Waals surface area contributed by atoms with E-state index in [-0.39, 0.29) is 24.4 Å². The first-order valence-corrected chi connectivity index (χ1v) is 6.80. The lowest BCUT2D eigenvalue weighted by Crippen LogP contribution is -2.10. The van der Waals surface area contributed by atoms with Crippen molar-refractivity contribution in [3.63, 3.8) is 0 Å². The second kappa shape index (κ2) is 5.48. The predicted octanol–water partition coefficient (Wildman–Crippen LogP) is 3.07. The van der Waals surface area contributed by atoms with Gasteiger partial charge in [0.15, 0.2) is 0 Å². The molecule has 3 aromatic rings. The molecule has 3 nitrogen and oxygen atoms in total. The molecule has 0 saturated carbocycles. The van der Waals surface area contributed by atoms with Gasteiger partial charge in [-0.1, -0.05) is 24.3 Å². The molecule has 0 aliphatic carbocycles. The maximum absolute atomic E-state index is 13.1. The van der Waals surface area contributed by atoms with Gasteiger partial charge < -0.3 is 4.57 Å². The Morgan fingerprint density at radius 3 is 2.71 bits per heavy atom. The minimum absolute atomic E-state index is 0.0269. The Hall–Kier alpha value is -2.49. The number of hydrogen-bond acceptors (Lipinski definition) is 2. The van der Waals surface area contributed by atoms with Crippen molar-refractivity contribution in [1.29, 1.82) is 0 Å². The lowest BCUT2D eigenvalue weighted by molar-refractivity contribution is -0.117. The van der Waals surface area contributed by atoms with Crippen LogP contribution in [0.4, 0.5) is 4.39 Å². The molecule has 21 heavy (non-hydrogen) atoms. The van der Waals surface area contributed by atoms with Crippen LogP contribution in [-0.4, -0.2) is 15.3 Å². The van der Waals surface area contributed by atoms with Crippen LogP contribution >= 0.6 is 0 Å². The van der Waals surface area contributed by atoms with Gasteiger partial charge in [-0.2, -0.15) is 0 Å². The van der Waals surface area contributed by atoms with E-state index >= 15 is 0 Å². The number of carbonyl (C=O) groups excluding carboxylic acids is 1. The minimum Gasteiger partial charge on any atom is -0.331 e.